The van der Waals surface area contributed by atoms with E-state index in [1.165, 1.54) is 22.4 Å². The lowest BCUT2D eigenvalue weighted by atomic mass is 9.89. The minimum atomic E-state index is 0.452. The Bertz CT molecular complexity index is 415. The molecule has 1 heterocycles. The number of hydrogen-bond donors (Lipinski definition) is 0. The molecule has 78 valence electrons. The van der Waals surface area contributed by atoms with E-state index in [9.17, 15) is 0 Å². The third-order valence-electron chi connectivity index (χ3n) is 2.91. The first kappa shape index (κ1) is 10.6. The molecule has 1 aliphatic heterocycles. The summed E-state index contributed by atoms with van der Waals surface area (Å²) in [7, 11) is 0. The molecule has 1 aromatic carbocycles. The van der Waals surface area contributed by atoms with Crippen molar-refractivity contribution in [3.63, 3.8) is 0 Å². The number of nitriles is 1. The molecule has 15 heavy (non-hydrogen) atoms. The minimum absolute atomic E-state index is 0.452. The van der Waals surface area contributed by atoms with Crippen LogP contribution in [0.2, 0.25) is 0 Å². The predicted octanol–water partition coefficient (Wildman–Crippen LogP) is 3.47. The molecule has 0 bridgehead atoms. The van der Waals surface area contributed by atoms with Gasteiger partial charge in [-0.05, 0) is 40.8 Å². The minimum Gasteiger partial charge on any atom is -0.192 e. The van der Waals surface area contributed by atoms with Crippen molar-refractivity contribution in [3.05, 3.63) is 34.4 Å². The van der Waals surface area contributed by atoms with Crippen molar-refractivity contribution in [3.8, 4) is 6.07 Å². The highest BCUT2D eigenvalue weighted by Gasteiger charge is 2.18. The van der Waals surface area contributed by atoms with E-state index in [2.05, 4.69) is 26.0 Å². The highest BCUT2D eigenvalue weighted by Crippen LogP contribution is 2.33. The topological polar surface area (TPSA) is 23.8 Å². The van der Waals surface area contributed by atoms with Crippen molar-refractivity contribution < 1.29 is 0 Å². The molecule has 0 unspecified atom stereocenters. The van der Waals surface area contributed by atoms with Crippen molar-refractivity contribution in [2.45, 2.75) is 31.9 Å². The largest absolute Gasteiger partial charge is 0.192 e. The number of thioether (sulfide) groups is 1. The average molecular weight is 217 g/mol. The van der Waals surface area contributed by atoms with Gasteiger partial charge in [-0.1, -0.05) is 19.9 Å². The SMILES string of the molecule is CC(C)c1c(C#N)ccc2c1CSCC2. The van der Waals surface area contributed by atoms with Crippen LogP contribution >= 0.6 is 11.8 Å². The summed E-state index contributed by atoms with van der Waals surface area (Å²) in [4.78, 5) is 0. The summed E-state index contributed by atoms with van der Waals surface area (Å²) >= 11 is 1.98. The molecule has 0 fully saturated rings. The summed E-state index contributed by atoms with van der Waals surface area (Å²) in [5.41, 5.74) is 5.03. The van der Waals surface area contributed by atoms with Gasteiger partial charge >= 0.3 is 0 Å². The van der Waals surface area contributed by atoms with Crippen molar-refractivity contribution in [1.82, 2.24) is 0 Å². The molecule has 0 radical (unpaired) electrons. The second kappa shape index (κ2) is 4.28. The normalized spacial score (nSPS) is 14.8. The van der Waals surface area contributed by atoms with Crippen LogP contribution in [0.1, 0.15) is 42.0 Å². The van der Waals surface area contributed by atoms with Gasteiger partial charge in [0.25, 0.3) is 0 Å². The van der Waals surface area contributed by atoms with Crippen LogP contribution in [0.25, 0.3) is 0 Å². The molecular weight excluding hydrogens is 202 g/mol. The van der Waals surface area contributed by atoms with Crippen LogP contribution in [0.5, 0.6) is 0 Å². The Morgan fingerprint density at radius 3 is 2.87 bits per heavy atom. The van der Waals surface area contributed by atoms with Gasteiger partial charge < -0.3 is 0 Å². The summed E-state index contributed by atoms with van der Waals surface area (Å²) in [6, 6.07) is 6.45. The van der Waals surface area contributed by atoms with Gasteiger partial charge in [0.1, 0.15) is 0 Å². The molecule has 1 nitrogen and oxygen atoms in total. The maximum Gasteiger partial charge on any atom is 0.0994 e. The molecule has 0 N–H and O–H groups in total. The Morgan fingerprint density at radius 2 is 2.20 bits per heavy atom. The lowest BCUT2D eigenvalue weighted by Crippen LogP contribution is -2.08. The average Bonchev–Trinajstić information content (AvgIpc) is 2.27. The third-order valence-corrected chi connectivity index (χ3v) is 3.90. The molecule has 0 aliphatic carbocycles. The van der Waals surface area contributed by atoms with E-state index in [0.29, 0.717) is 5.92 Å². The van der Waals surface area contributed by atoms with Gasteiger partial charge in [-0.3, -0.25) is 0 Å². The Hall–Kier alpha value is -0.940. The van der Waals surface area contributed by atoms with Crippen LogP contribution < -0.4 is 0 Å². The highest BCUT2D eigenvalue weighted by atomic mass is 32.2. The summed E-state index contributed by atoms with van der Waals surface area (Å²) < 4.78 is 0. The number of hydrogen-bond acceptors (Lipinski definition) is 2. The van der Waals surface area contributed by atoms with E-state index in [1.54, 1.807) is 0 Å². The maximum absolute atomic E-state index is 9.11. The van der Waals surface area contributed by atoms with Gasteiger partial charge in [-0.25, -0.2) is 0 Å². The van der Waals surface area contributed by atoms with Crippen molar-refractivity contribution in [2.75, 3.05) is 5.75 Å². The van der Waals surface area contributed by atoms with Crippen molar-refractivity contribution >= 4 is 11.8 Å². The summed E-state index contributed by atoms with van der Waals surface area (Å²) in [5, 5.41) is 9.11. The van der Waals surface area contributed by atoms with Gasteiger partial charge in [0.05, 0.1) is 11.6 Å². The molecule has 1 aliphatic rings. The summed E-state index contributed by atoms with van der Waals surface area (Å²) in [6.07, 6.45) is 1.16. The quantitative estimate of drug-likeness (QED) is 0.719. The molecule has 0 atom stereocenters. The van der Waals surface area contributed by atoms with Gasteiger partial charge in [0.15, 0.2) is 0 Å². The Labute approximate surface area is 95.5 Å². The number of benzene rings is 1. The van der Waals surface area contributed by atoms with E-state index < -0.39 is 0 Å². The Kier molecular flexibility index (Phi) is 3.02. The highest BCUT2D eigenvalue weighted by molar-refractivity contribution is 7.98. The zero-order chi connectivity index (χ0) is 10.8. The fourth-order valence-electron chi connectivity index (χ4n) is 2.23. The standard InChI is InChI=1S/C13H15NS/c1-9(2)13-11(7-14)4-3-10-5-6-15-8-12(10)13/h3-4,9H,5-6,8H2,1-2H3. The fourth-order valence-corrected chi connectivity index (χ4v) is 3.28. The van der Waals surface area contributed by atoms with Crippen molar-refractivity contribution in [1.29, 1.82) is 5.26 Å². The first-order chi connectivity index (χ1) is 7.24. The lowest BCUT2D eigenvalue weighted by Gasteiger charge is -2.22. The van der Waals surface area contributed by atoms with E-state index in [0.717, 1.165) is 17.7 Å². The van der Waals surface area contributed by atoms with Gasteiger partial charge in [-0.15, -0.1) is 0 Å². The zero-order valence-electron chi connectivity index (χ0n) is 9.21. The third kappa shape index (κ3) is 1.89. The molecule has 2 heteroatoms. The lowest BCUT2D eigenvalue weighted by molar-refractivity contribution is 0.841. The van der Waals surface area contributed by atoms with Gasteiger partial charge in [0.2, 0.25) is 0 Å². The summed E-state index contributed by atoms with van der Waals surface area (Å²) in [5.74, 6) is 2.75. The molecule has 1 aromatic rings. The molecule has 0 saturated heterocycles. The van der Waals surface area contributed by atoms with E-state index >= 15 is 0 Å². The van der Waals surface area contributed by atoms with E-state index in [4.69, 9.17) is 5.26 Å². The molecular formula is C13H15NS. The van der Waals surface area contributed by atoms with Crippen LogP contribution in [0.4, 0.5) is 0 Å². The number of aryl methyl sites for hydroxylation is 1. The molecule has 0 saturated carbocycles. The van der Waals surface area contributed by atoms with Crippen LogP contribution in [-0.2, 0) is 12.2 Å². The van der Waals surface area contributed by atoms with Gasteiger partial charge in [-0.2, -0.15) is 17.0 Å². The maximum atomic E-state index is 9.11. The molecule has 0 spiro atoms. The van der Waals surface area contributed by atoms with E-state index in [-0.39, 0.29) is 0 Å². The monoisotopic (exact) mass is 217 g/mol. The second-order valence-corrected chi connectivity index (χ2v) is 5.34. The van der Waals surface area contributed by atoms with Crippen LogP contribution in [-0.4, -0.2) is 5.75 Å². The number of rotatable bonds is 1. The number of fused-ring (bicyclic) bond motifs is 1. The Morgan fingerprint density at radius 1 is 1.40 bits per heavy atom. The molecule has 0 amide bonds. The van der Waals surface area contributed by atoms with Crippen LogP contribution in [0, 0.1) is 11.3 Å². The smallest absolute Gasteiger partial charge is 0.0994 e. The zero-order valence-corrected chi connectivity index (χ0v) is 10.0. The first-order valence-electron chi connectivity index (χ1n) is 5.36. The van der Waals surface area contributed by atoms with Gasteiger partial charge in [0, 0.05) is 5.75 Å². The fraction of sp³-hybridized carbons (Fsp3) is 0.462. The molecule has 2 rings (SSSR count). The second-order valence-electron chi connectivity index (χ2n) is 4.23. The Balaban J connectivity index is 2.60. The first-order valence-corrected chi connectivity index (χ1v) is 6.52. The molecule has 0 aromatic heterocycles. The summed E-state index contributed by atoms with van der Waals surface area (Å²) in [6.45, 7) is 4.35. The van der Waals surface area contributed by atoms with Crippen molar-refractivity contribution in [2.24, 2.45) is 0 Å². The van der Waals surface area contributed by atoms with E-state index in [1.807, 2.05) is 17.8 Å². The number of nitrogens with zero attached hydrogens (tertiary/aromatic N) is 1. The predicted molar refractivity (Wildman–Crippen MR) is 65.1 cm³/mol. The van der Waals surface area contributed by atoms with Crippen LogP contribution in [0.3, 0.4) is 0 Å². The van der Waals surface area contributed by atoms with Crippen LogP contribution in [0.15, 0.2) is 12.1 Å².